The van der Waals surface area contributed by atoms with Crippen molar-refractivity contribution in [3.63, 3.8) is 0 Å². The maximum Gasteiger partial charge on any atom is 0.322 e. The highest BCUT2D eigenvalue weighted by atomic mass is 16.4. The van der Waals surface area contributed by atoms with Crippen LogP contribution in [0.25, 0.3) is 0 Å². The summed E-state index contributed by atoms with van der Waals surface area (Å²) in [4.78, 5) is 13.2. The second kappa shape index (κ2) is 3.38. The smallest absolute Gasteiger partial charge is 0.322 e. The van der Waals surface area contributed by atoms with Crippen molar-refractivity contribution in [3.05, 3.63) is 24.0 Å². The van der Waals surface area contributed by atoms with E-state index in [1.165, 1.54) is 0 Å². The van der Waals surface area contributed by atoms with E-state index in [0.717, 1.165) is 0 Å². The minimum absolute atomic E-state index is 0.630. The van der Waals surface area contributed by atoms with Crippen molar-refractivity contribution < 1.29 is 9.90 Å². The lowest BCUT2D eigenvalue weighted by atomic mass is 10.1. The van der Waals surface area contributed by atoms with Crippen LogP contribution in [0.4, 0.5) is 0 Å². The normalized spacial score (nSPS) is 15.5. The molecule has 1 aromatic heterocycles. The lowest BCUT2D eigenvalue weighted by Gasteiger charge is -2.13. The van der Waals surface area contributed by atoms with Gasteiger partial charge in [0.15, 0.2) is 0 Å². The fraction of sp³-hybridized carbons (Fsp3) is 0.286. The zero-order valence-electron chi connectivity index (χ0n) is 6.40. The number of carboxylic acid groups (broad SMARTS) is 1. The van der Waals surface area contributed by atoms with E-state index < -0.39 is 18.1 Å². The van der Waals surface area contributed by atoms with Crippen LogP contribution in [0.1, 0.15) is 11.7 Å². The first-order valence-corrected chi connectivity index (χ1v) is 3.50. The third-order valence-electron chi connectivity index (χ3n) is 1.65. The van der Waals surface area contributed by atoms with Gasteiger partial charge in [-0.05, 0) is 12.1 Å². The van der Waals surface area contributed by atoms with Crippen LogP contribution < -0.4 is 11.5 Å². The number of aromatic amines is 1. The van der Waals surface area contributed by atoms with Gasteiger partial charge in [0.2, 0.25) is 0 Å². The Hall–Kier alpha value is -1.33. The van der Waals surface area contributed by atoms with Gasteiger partial charge in [0, 0.05) is 11.9 Å². The molecule has 1 aromatic rings. The SMILES string of the molecule is NC(C(=O)O)C(N)c1ccc[nH]1. The van der Waals surface area contributed by atoms with Crippen molar-refractivity contribution >= 4 is 5.97 Å². The molecule has 0 spiro atoms. The Labute approximate surface area is 69.4 Å². The Morgan fingerprint density at radius 2 is 2.25 bits per heavy atom. The molecule has 5 nitrogen and oxygen atoms in total. The van der Waals surface area contributed by atoms with Gasteiger partial charge in [-0.25, -0.2) is 0 Å². The zero-order chi connectivity index (χ0) is 9.14. The van der Waals surface area contributed by atoms with E-state index in [-0.39, 0.29) is 0 Å². The number of carboxylic acids is 1. The van der Waals surface area contributed by atoms with E-state index in [2.05, 4.69) is 4.98 Å². The Kier molecular flexibility index (Phi) is 2.47. The molecule has 0 saturated heterocycles. The fourth-order valence-corrected chi connectivity index (χ4v) is 0.899. The summed E-state index contributed by atoms with van der Waals surface area (Å²) in [5, 5.41) is 8.53. The van der Waals surface area contributed by atoms with E-state index >= 15 is 0 Å². The van der Waals surface area contributed by atoms with Crippen LogP contribution in [-0.2, 0) is 4.79 Å². The molecule has 0 amide bonds. The molecule has 0 bridgehead atoms. The molecule has 66 valence electrons. The van der Waals surface area contributed by atoms with E-state index in [0.29, 0.717) is 5.69 Å². The van der Waals surface area contributed by atoms with E-state index in [4.69, 9.17) is 16.6 Å². The van der Waals surface area contributed by atoms with E-state index in [1.807, 2.05) is 0 Å². The van der Waals surface area contributed by atoms with Crippen molar-refractivity contribution in [2.24, 2.45) is 11.5 Å². The molecule has 0 aliphatic carbocycles. The molecule has 12 heavy (non-hydrogen) atoms. The van der Waals surface area contributed by atoms with Crippen LogP contribution in [0, 0.1) is 0 Å². The Morgan fingerprint density at radius 3 is 2.67 bits per heavy atom. The average Bonchev–Trinajstić information content (AvgIpc) is 2.53. The molecule has 1 heterocycles. The maximum atomic E-state index is 10.4. The number of aliphatic carboxylic acids is 1. The summed E-state index contributed by atoms with van der Waals surface area (Å²) in [5.74, 6) is -1.10. The number of nitrogens with two attached hydrogens (primary N) is 2. The summed E-state index contributed by atoms with van der Waals surface area (Å²) in [6.07, 6.45) is 1.67. The molecule has 5 heteroatoms. The molecule has 1 rings (SSSR count). The topological polar surface area (TPSA) is 105 Å². The second-order valence-electron chi connectivity index (χ2n) is 2.52. The lowest BCUT2D eigenvalue weighted by Crippen LogP contribution is -2.40. The molecule has 2 atom stereocenters. The van der Waals surface area contributed by atoms with Gasteiger partial charge < -0.3 is 21.6 Å². The van der Waals surface area contributed by atoms with Gasteiger partial charge in [-0.15, -0.1) is 0 Å². The Bertz CT molecular complexity index is 258. The third kappa shape index (κ3) is 1.63. The molecule has 0 radical (unpaired) electrons. The number of hydrogen-bond acceptors (Lipinski definition) is 3. The summed E-state index contributed by atoms with van der Waals surface area (Å²) < 4.78 is 0. The minimum atomic E-state index is -1.10. The highest BCUT2D eigenvalue weighted by molar-refractivity contribution is 5.74. The number of nitrogens with one attached hydrogen (secondary N) is 1. The standard InChI is InChI=1S/C7H11N3O2/c8-5(6(9)7(11)12)4-2-1-3-10-4/h1-3,5-6,10H,8-9H2,(H,11,12). The minimum Gasteiger partial charge on any atom is -0.480 e. The van der Waals surface area contributed by atoms with Crippen LogP contribution in [0.5, 0.6) is 0 Å². The van der Waals surface area contributed by atoms with E-state index in [1.54, 1.807) is 18.3 Å². The number of rotatable bonds is 3. The van der Waals surface area contributed by atoms with Gasteiger partial charge in [0.1, 0.15) is 6.04 Å². The first-order valence-electron chi connectivity index (χ1n) is 3.50. The van der Waals surface area contributed by atoms with E-state index in [9.17, 15) is 4.79 Å². The van der Waals surface area contributed by atoms with Gasteiger partial charge >= 0.3 is 5.97 Å². The summed E-state index contributed by atoms with van der Waals surface area (Å²) >= 11 is 0. The predicted molar refractivity (Wildman–Crippen MR) is 43.3 cm³/mol. The highest BCUT2D eigenvalue weighted by Gasteiger charge is 2.22. The maximum absolute atomic E-state index is 10.4. The number of H-pyrrole nitrogens is 1. The monoisotopic (exact) mass is 169 g/mol. The van der Waals surface area contributed by atoms with Crippen molar-refractivity contribution in [1.29, 1.82) is 0 Å². The first-order chi connectivity index (χ1) is 5.63. The predicted octanol–water partition coefficient (Wildman–Crippen LogP) is -0.574. The number of carbonyl (C=O) groups is 1. The molecular weight excluding hydrogens is 158 g/mol. The summed E-state index contributed by atoms with van der Waals surface area (Å²) in [6.45, 7) is 0. The first kappa shape index (κ1) is 8.76. The Morgan fingerprint density at radius 1 is 1.58 bits per heavy atom. The molecule has 6 N–H and O–H groups in total. The quantitative estimate of drug-likeness (QED) is 0.486. The second-order valence-corrected chi connectivity index (χ2v) is 2.52. The van der Waals surface area contributed by atoms with Crippen LogP contribution in [-0.4, -0.2) is 22.1 Å². The van der Waals surface area contributed by atoms with Gasteiger partial charge in [-0.2, -0.15) is 0 Å². The fourth-order valence-electron chi connectivity index (χ4n) is 0.899. The van der Waals surface area contributed by atoms with Crippen molar-refractivity contribution in [2.45, 2.75) is 12.1 Å². The third-order valence-corrected chi connectivity index (χ3v) is 1.65. The van der Waals surface area contributed by atoms with Crippen LogP contribution in [0.3, 0.4) is 0 Å². The molecule has 0 saturated carbocycles. The molecule has 2 unspecified atom stereocenters. The molecular formula is C7H11N3O2. The number of hydrogen-bond donors (Lipinski definition) is 4. The molecule has 0 aromatic carbocycles. The molecule has 0 fully saturated rings. The largest absolute Gasteiger partial charge is 0.480 e. The van der Waals surface area contributed by atoms with Gasteiger partial charge in [0.25, 0.3) is 0 Å². The van der Waals surface area contributed by atoms with Crippen molar-refractivity contribution in [2.75, 3.05) is 0 Å². The van der Waals surface area contributed by atoms with Gasteiger partial charge in [-0.1, -0.05) is 0 Å². The Balaban J connectivity index is 2.71. The zero-order valence-corrected chi connectivity index (χ0v) is 6.40. The van der Waals surface area contributed by atoms with Crippen LogP contribution >= 0.6 is 0 Å². The molecule has 0 aliphatic rings. The van der Waals surface area contributed by atoms with Gasteiger partial charge in [0.05, 0.1) is 6.04 Å². The summed E-state index contributed by atoms with van der Waals surface area (Å²) in [6, 6.07) is 1.69. The molecule has 0 aliphatic heterocycles. The van der Waals surface area contributed by atoms with Crippen LogP contribution in [0.2, 0.25) is 0 Å². The van der Waals surface area contributed by atoms with Crippen molar-refractivity contribution in [1.82, 2.24) is 4.98 Å². The summed E-state index contributed by atoms with van der Waals surface area (Å²) in [7, 11) is 0. The highest BCUT2D eigenvalue weighted by Crippen LogP contribution is 2.09. The van der Waals surface area contributed by atoms with Crippen LogP contribution in [0.15, 0.2) is 18.3 Å². The van der Waals surface area contributed by atoms with Crippen molar-refractivity contribution in [3.8, 4) is 0 Å². The summed E-state index contributed by atoms with van der Waals surface area (Å²) in [5.41, 5.74) is 11.5. The average molecular weight is 169 g/mol. The number of aromatic nitrogens is 1. The van der Waals surface area contributed by atoms with Gasteiger partial charge in [-0.3, -0.25) is 4.79 Å². The lowest BCUT2D eigenvalue weighted by molar-refractivity contribution is -0.139.